The van der Waals surface area contributed by atoms with E-state index in [4.69, 9.17) is 10.5 Å². The molecule has 1 aliphatic carbocycles. The van der Waals surface area contributed by atoms with Gasteiger partial charge in [-0.15, -0.1) is 0 Å². The molecule has 3 heteroatoms. The van der Waals surface area contributed by atoms with Crippen molar-refractivity contribution in [3.63, 3.8) is 0 Å². The molecule has 0 aromatic heterocycles. The van der Waals surface area contributed by atoms with Gasteiger partial charge in [0.25, 0.3) is 0 Å². The fourth-order valence-electron chi connectivity index (χ4n) is 3.83. The van der Waals surface area contributed by atoms with Gasteiger partial charge in [-0.3, -0.25) is 4.90 Å². The minimum Gasteiger partial charge on any atom is -0.496 e. The van der Waals surface area contributed by atoms with E-state index in [1.54, 1.807) is 12.7 Å². The molecular weight excluding hydrogens is 236 g/mol. The highest BCUT2D eigenvalue weighted by molar-refractivity contribution is 5.49. The highest BCUT2D eigenvalue weighted by atomic mass is 16.5. The smallest absolute Gasteiger partial charge is 0.123 e. The Morgan fingerprint density at radius 1 is 1.37 bits per heavy atom. The molecule has 104 valence electrons. The van der Waals surface area contributed by atoms with E-state index in [-0.39, 0.29) is 0 Å². The number of nitrogens with zero attached hydrogens (tertiary/aromatic N) is 1. The lowest BCUT2D eigenvalue weighted by Gasteiger charge is -2.24. The molecule has 0 spiro atoms. The van der Waals surface area contributed by atoms with Crippen LogP contribution in [0.2, 0.25) is 0 Å². The number of methoxy groups -OCH3 is 1. The Morgan fingerprint density at radius 3 is 2.89 bits per heavy atom. The number of rotatable bonds is 3. The van der Waals surface area contributed by atoms with E-state index in [2.05, 4.69) is 24.1 Å². The second-order valence-electron chi connectivity index (χ2n) is 5.97. The quantitative estimate of drug-likeness (QED) is 0.905. The van der Waals surface area contributed by atoms with Crippen molar-refractivity contribution in [1.29, 1.82) is 0 Å². The summed E-state index contributed by atoms with van der Waals surface area (Å²) in [7, 11) is 4.00. The van der Waals surface area contributed by atoms with Crippen molar-refractivity contribution in [1.82, 2.24) is 4.90 Å². The van der Waals surface area contributed by atoms with Crippen LogP contribution in [0.25, 0.3) is 0 Å². The predicted molar refractivity (Wildman–Crippen MR) is 77.6 cm³/mol. The molecular formula is C16H24N2O. The highest BCUT2D eigenvalue weighted by Crippen LogP contribution is 2.43. The number of fused-ring (bicyclic) bond motifs is 1. The molecule has 19 heavy (non-hydrogen) atoms. The molecule has 2 N–H and O–H groups in total. The number of nitrogens with two attached hydrogens (primary N) is 1. The fraction of sp³-hybridized carbons (Fsp3) is 0.625. The molecule has 2 atom stereocenters. The van der Waals surface area contributed by atoms with Crippen molar-refractivity contribution in [2.75, 3.05) is 27.2 Å². The van der Waals surface area contributed by atoms with Crippen molar-refractivity contribution in [2.24, 2.45) is 11.7 Å². The van der Waals surface area contributed by atoms with Gasteiger partial charge in [-0.1, -0.05) is 6.07 Å². The van der Waals surface area contributed by atoms with Gasteiger partial charge in [0.05, 0.1) is 7.11 Å². The molecule has 3 nitrogen and oxygen atoms in total. The third-order valence-corrected chi connectivity index (χ3v) is 4.81. The summed E-state index contributed by atoms with van der Waals surface area (Å²) in [5, 5.41) is 0. The minimum atomic E-state index is 0.483. The van der Waals surface area contributed by atoms with Crippen molar-refractivity contribution < 1.29 is 4.74 Å². The molecule has 1 heterocycles. The lowest BCUT2D eigenvalue weighted by atomic mass is 9.92. The second-order valence-corrected chi connectivity index (χ2v) is 5.97. The second kappa shape index (κ2) is 5.14. The van der Waals surface area contributed by atoms with E-state index in [0.717, 1.165) is 18.8 Å². The number of aryl methyl sites for hydroxylation is 1. The molecule has 1 saturated heterocycles. The van der Waals surface area contributed by atoms with E-state index >= 15 is 0 Å². The van der Waals surface area contributed by atoms with Crippen LogP contribution in [0, 0.1) is 5.92 Å². The topological polar surface area (TPSA) is 38.5 Å². The summed E-state index contributed by atoms with van der Waals surface area (Å²) in [5.41, 5.74) is 10.4. The third-order valence-electron chi connectivity index (χ3n) is 4.81. The maximum Gasteiger partial charge on any atom is 0.123 e. The Hall–Kier alpha value is -1.06. The standard InChI is InChI=1S/C16H24N2O/c1-18-10-11(9-17)8-14(18)16-13-5-3-4-12(13)6-7-15(16)19-2/h6-7,11,14H,3-5,8-10,17H2,1-2H3. The molecule has 3 rings (SSSR count). The molecule has 0 radical (unpaired) electrons. The molecule has 2 aliphatic rings. The summed E-state index contributed by atoms with van der Waals surface area (Å²) in [6, 6.07) is 4.89. The maximum absolute atomic E-state index is 5.86. The molecule has 1 fully saturated rings. The van der Waals surface area contributed by atoms with Crippen molar-refractivity contribution in [3.8, 4) is 5.75 Å². The van der Waals surface area contributed by atoms with Gasteiger partial charge >= 0.3 is 0 Å². The van der Waals surface area contributed by atoms with Crippen molar-refractivity contribution in [2.45, 2.75) is 31.7 Å². The van der Waals surface area contributed by atoms with Crippen LogP contribution in [0.1, 0.15) is 35.6 Å². The minimum absolute atomic E-state index is 0.483. The monoisotopic (exact) mass is 260 g/mol. The van der Waals surface area contributed by atoms with Gasteiger partial charge in [0, 0.05) is 18.2 Å². The Bertz CT molecular complexity index is 472. The number of likely N-dealkylation sites (tertiary alicyclic amines) is 1. The number of ether oxygens (including phenoxy) is 1. The van der Waals surface area contributed by atoms with Crippen LogP contribution in [0.5, 0.6) is 5.75 Å². The van der Waals surface area contributed by atoms with Crippen LogP contribution in [0.15, 0.2) is 12.1 Å². The van der Waals surface area contributed by atoms with Gasteiger partial charge in [0.2, 0.25) is 0 Å². The number of hydrogen-bond acceptors (Lipinski definition) is 3. The first kappa shape index (κ1) is 12.9. The predicted octanol–water partition coefficient (Wildman–Crippen LogP) is 2.14. The van der Waals surface area contributed by atoms with Crippen LogP contribution in [-0.2, 0) is 12.8 Å². The zero-order valence-electron chi connectivity index (χ0n) is 12.0. The van der Waals surface area contributed by atoms with Crippen molar-refractivity contribution in [3.05, 3.63) is 28.8 Å². The Morgan fingerprint density at radius 2 is 2.21 bits per heavy atom. The first-order chi connectivity index (χ1) is 9.24. The van der Waals surface area contributed by atoms with Crippen LogP contribution >= 0.6 is 0 Å². The van der Waals surface area contributed by atoms with E-state index in [9.17, 15) is 0 Å². The van der Waals surface area contributed by atoms with Crippen LogP contribution in [0.3, 0.4) is 0 Å². The molecule has 1 aliphatic heterocycles. The van der Waals surface area contributed by atoms with E-state index in [0.29, 0.717) is 12.0 Å². The normalized spacial score (nSPS) is 26.7. The van der Waals surface area contributed by atoms with Crippen LogP contribution in [-0.4, -0.2) is 32.1 Å². The first-order valence-electron chi connectivity index (χ1n) is 7.33. The van der Waals surface area contributed by atoms with E-state index in [1.807, 2.05) is 0 Å². The average Bonchev–Trinajstić information content (AvgIpc) is 3.03. The number of hydrogen-bond donors (Lipinski definition) is 1. The lowest BCUT2D eigenvalue weighted by Crippen LogP contribution is -2.21. The summed E-state index contributed by atoms with van der Waals surface area (Å²) in [5.74, 6) is 1.69. The molecule has 0 amide bonds. The van der Waals surface area contributed by atoms with Gasteiger partial charge < -0.3 is 10.5 Å². The van der Waals surface area contributed by atoms with Gasteiger partial charge in [-0.25, -0.2) is 0 Å². The Balaban J connectivity index is 2.02. The average molecular weight is 260 g/mol. The van der Waals surface area contributed by atoms with E-state index < -0.39 is 0 Å². The maximum atomic E-state index is 5.86. The fourth-order valence-corrected chi connectivity index (χ4v) is 3.83. The Kier molecular flexibility index (Phi) is 3.50. The summed E-state index contributed by atoms with van der Waals surface area (Å²) >= 11 is 0. The highest BCUT2D eigenvalue weighted by Gasteiger charge is 2.34. The van der Waals surface area contributed by atoms with Gasteiger partial charge in [0.15, 0.2) is 0 Å². The SMILES string of the molecule is COc1ccc2c(c1C1CC(CN)CN1C)CCC2. The zero-order valence-corrected chi connectivity index (χ0v) is 12.0. The molecule has 0 bridgehead atoms. The molecule has 1 aromatic carbocycles. The third kappa shape index (κ3) is 2.15. The van der Waals surface area contributed by atoms with Crippen molar-refractivity contribution >= 4 is 0 Å². The zero-order chi connectivity index (χ0) is 13.4. The molecule has 1 aromatic rings. The largest absolute Gasteiger partial charge is 0.496 e. The van der Waals surface area contributed by atoms with Crippen LogP contribution < -0.4 is 10.5 Å². The first-order valence-corrected chi connectivity index (χ1v) is 7.33. The summed E-state index contributed by atoms with van der Waals surface area (Å²) in [4.78, 5) is 2.45. The Labute approximate surface area is 115 Å². The summed E-state index contributed by atoms with van der Waals surface area (Å²) < 4.78 is 5.64. The van der Waals surface area contributed by atoms with Gasteiger partial charge in [-0.05, 0) is 62.4 Å². The van der Waals surface area contributed by atoms with Gasteiger partial charge in [0.1, 0.15) is 5.75 Å². The van der Waals surface area contributed by atoms with E-state index in [1.165, 1.54) is 36.8 Å². The molecule has 0 saturated carbocycles. The molecule has 2 unspecified atom stereocenters. The summed E-state index contributed by atoms with van der Waals surface area (Å²) in [6.07, 6.45) is 4.88. The lowest BCUT2D eigenvalue weighted by molar-refractivity contribution is 0.301. The summed E-state index contributed by atoms with van der Waals surface area (Å²) in [6.45, 7) is 1.90. The number of benzene rings is 1. The van der Waals surface area contributed by atoms with Gasteiger partial charge in [-0.2, -0.15) is 0 Å². The van der Waals surface area contributed by atoms with Crippen LogP contribution in [0.4, 0.5) is 0 Å².